The van der Waals surface area contributed by atoms with Gasteiger partial charge in [-0.15, -0.1) is 0 Å². The molecule has 1 aliphatic rings. The van der Waals surface area contributed by atoms with Crippen LogP contribution in [0.1, 0.15) is 11.1 Å². The van der Waals surface area contributed by atoms with Crippen LogP contribution in [0.2, 0.25) is 0 Å². The standard InChI is InChI=1S/C23H26N2O2/c1-17-3-6-19(7-4-17)23-16-21(20-15-18(2)5-8-22(20)27-23)24-9-10-25-11-13-26-14-12-25/h3-8,15-16H,9-14H2,1-2H3/p+1. The summed E-state index contributed by atoms with van der Waals surface area (Å²) in [6.45, 7) is 9.94. The van der Waals surface area contributed by atoms with Crippen molar-refractivity contribution >= 4 is 11.0 Å². The smallest absolute Gasteiger partial charge is 0.136 e. The lowest BCUT2D eigenvalue weighted by molar-refractivity contribution is -0.906. The van der Waals surface area contributed by atoms with Crippen molar-refractivity contribution < 1.29 is 14.1 Å². The average Bonchev–Trinajstić information content (AvgIpc) is 2.69. The van der Waals surface area contributed by atoms with Crippen molar-refractivity contribution in [2.45, 2.75) is 13.8 Å². The Morgan fingerprint density at radius 3 is 2.44 bits per heavy atom. The minimum atomic E-state index is 0.815. The van der Waals surface area contributed by atoms with Crippen LogP contribution < -0.4 is 10.3 Å². The van der Waals surface area contributed by atoms with Crippen molar-refractivity contribution in [3.05, 3.63) is 65.0 Å². The quantitative estimate of drug-likeness (QED) is 0.774. The van der Waals surface area contributed by atoms with Gasteiger partial charge in [-0.2, -0.15) is 0 Å². The first-order valence-electron chi connectivity index (χ1n) is 9.72. The molecule has 2 aromatic carbocycles. The molecule has 0 bridgehead atoms. The molecule has 4 rings (SSSR count). The Morgan fingerprint density at radius 2 is 1.67 bits per heavy atom. The molecular formula is C23H27N2O2+. The number of morpholine rings is 1. The van der Waals surface area contributed by atoms with Gasteiger partial charge in [-0.1, -0.05) is 41.5 Å². The lowest BCUT2D eigenvalue weighted by Crippen LogP contribution is -3.14. The summed E-state index contributed by atoms with van der Waals surface area (Å²) in [5, 5.41) is 2.10. The Kier molecular flexibility index (Phi) is 5.37. The molecule has 140 valence electrons. The maximum atomic E-state index is 6.20. The van der Waals surface area contributed by atoms with Crippen molar-refractivity contribution in [1.82, 2.24) is 0 Å². The van der Waals surface area contributed by atoms with Crippen molar-refractivity contribution in [3.63, 3.8) is 0 Å². The summed E-state index contributed by atoms with van der Waals surface area (Å²) < 4.78 is 11.6. The van der Waals surface area contributed by atoms with Gasteiger partial charge in [0.1, 0.15) is 24.4 Å². The Bertz CT molecular complexity index is 983. The largest absolute Gasteiger partial charge is 0.456 e. The zero-order valence-electron chi connectivity index (χ0n) is 16.1. The van der Waals surface area contributed by atoms with Crippen LogP contribution in [0.4, 0.5) is 0 Å². The molecule has 1 aliphatic heterocycles. The van der Waals surface area contributed by atoms with E-state index in [1.165, 1.54) is 11.1 Å². The SMILES string of the molecule is Cc1ccc(-c2cc(=NCC[NH+]3CCOCC3)c3cc(C)ccc3o2)cc1. The predicted octanol–water partition coefficient (Wildman–Crippen LogP) is 2.53. The predicted molar refractivity (Wildman–Crippen MR) is 108 cm³/mol. The fraction of sp³-hybridized carbons (Fsp3) is 0.348. The molecule has 27 heavy (non-hydrogen) atoms. The molecule has 0 unspecified atom stereocenters. The van der Waals surface area contributed by atoms with Gasteiger partial charge in [-0.05, 0) is 26.0 Å². The van der Waals surface area contributed by atoms with E-state index >= 15 is 0 Å². The monoisotopic (exact) mass is 363 g/mol. The van der Waals surface area contributed by atoms with Gasteiger partial charge >= 0.3 is 0 Å². The third-order valence-corrected chi connectivity index (χ3v) is 5.18. The van der Waals surface area contributed by atoms with E-state index < -0.39 is 0 Å². The van der Waals surface area contributed by atoms with Crippen molar-refractivity contribution in [2.75, 3.05) is 39.4 Å². The molecule has 3 aromatic rings. The van der Waals surface area contributed by atoms with Crippen LogP contribution in [0.5, 0.6) is 0 Å². The van der Waals surface area contributed by atoms with Crippen LogP contribution in [0.3, 0.4) is 0 Å². The molecule has 0 aliphatic carbocycles. The van der Waals surface area contributed by atoms with Crippen LogP contribution in [-0.4, -0.2) is 39.4 Å². The highest BCUT2D eigenvalue weighted by Gasteiger charge is 2.12. The molecule has 1 aromatic heterocycles. The molecule has 4 heteroatoms. The molecular weight excluding hydrogens is 336 g/mol. The molecule has 0 radical (unpaired) electrons. The van der Waals surface area contributed by atoms with Gasteiger partial charge in [0, 0.05) is 17.0 Å². The Hall–Kier alpha value is -2.43. The van der Waals surface area contributed by atoms with Crippen LogP contribution in [0.15, 0.2) is 57.9 Å². The Morgan fingerprint density at radius 1 is 0.926 bits per heavy atom. The average molecular weight is 363 g/mol. The van der Waals surface area contributed by atoms with Gasteiger partial charge in [0.05, 0.1) is 31.7 Å². The zero-order valence-corrected chi connectivity index (χ0v) is 16.1. The number of nitrogens with zero attached hydrogens (tertiary/aromatic N) is 1. The van der Waals surface area contributed by atoms with E-state index in [1.807, 2.05) is 0 Å². The maximum absolute atomic E-state index is 6.20. The molecule has 2 heterocycles. The van der Waals surface area contributed by atoms with E-state index in [4.69, 9.17) is 14.1 Å². The van der Waals surface area contributed by atoms with Gasteiger partial charge in [0.15, 0.2) is 0 Å². The number of ether oxygens (including phenoxy) is 1. The van der Waals surface area contributed by atoms with E-state index in [1.54, 1.807) is 4.90 Å². The third-order valence-electron chi connectivity index (χ3n) is 5.18. The third kappa shape index (κ3) is 4.29. The van der Waals surface area contributed by atoms with Crippen LogP contribution in [0, 0.1) is 13.8 Å². The molecule has 4 nitrogen and oxygen atoms in total. The van der Waals surface area contributed by atoms with E-state index in [0.29, 0.717) is 0 Å². The van der Waals surface area contributed by atoms with Crippen LogP contribution >= 0.6 is 0 Å². The number of rotatable bonds is 4. The number of hydrogen-bond acceptors (Lipinski definition) is 3. The fourth-order valence-corrected chi connectivity index (χ4v) is 3.52. The van der Waals surface area contributed by atoms with Gasteiger partial charge in [0.2, 0.25) is 0 Å². The fourth-order valence-electron chi connectivity index (χ4n) is 3.52. The maximum Gasteiger partial charge on any atom is 0.136 e. The highest BCUT2D eigenvalue weighted by Crippen LogP contribution is 2.23. The highest BCUT2D eigenvalue weighted by atomic mass is 16.5. The zero-order chi connectivity index (χ0) is 18.6. The molecule has 0 spiro atoms. The van der Waals surface area contributed by atoms with E-state index in [-0.39, 0.29) is 0 Å². The minimum Gasteiger partial charge on any atom is -0.456 e. The molecule has 1 saturated heterocycles. The second-order valence-corrected chi connectivity index (χ2v) is 7.36. The number of fused-ring (bicyclic) bond motifs is 1. The summed E-state index contributed by atoms with van der Waals surface area (Å²) in [7, 11) is 0. The second-order valence-electron chi connectivity index (χ2n) is 7.36. The van der Waals surface area contributed by atoms with Crippen molar-refractivity contribution in [3.8, 4) is 11.3 Å². The lowest BCUT2D eigenvalue weighted by atomic mass is 10.1. The number of aryl methyl sites for hydroxylation is 2. The number of benzene rings is 2. The highest BCUT2D eigenvalue weighted by molar-refractivity contribution is 5.79. The normalized spacial score (nSPS) is 16.1. The first-order chi connectivity index (χ1) is 13.2. The molecule has 1 N–H and O–H groups in total. The van der Waals surface area contributed by atoms with E-state index in [9.17, 15) is 0 Å². The van der Waals surface area contributed by atoms with Gasteiger partial charge in [-0.3, -0.25) is 4.99 Å². The Labute approximate surface area is 160 Å². The van der Waals surface area contributed by atoms with Crippen LogP contribution in [0.25, 0.3) is 22.3 Å². The molecule has 0 saturated carbocycles. The van der Waals surface area contributed by atoms with E-state index in [0.717, 1.165) is 67.0 Å². The van der Waals surface area contributed by atoms with Gasteiger partial charge in [0.25, 0.3) is 0 Å². The Balaban J connectivity index is 1.70. The summed E-state index contributed by atoms with van der Waals surface area (Å²) >= 11 is 0. The number of hydrogen-bond donors (Lipinski definition) is 1. The number of quaternary nitrogens is 1. The summed E-state index contributed by atoms with van der Waals surface area (Å²) in [5.41, 5.74) is 4.43. The van der Waals surface area contributed by atoms with Gasteiger partial charge in [-0.25, -0.2) is 0 Å². The van der Waals surface area contributed by atoms with Crippen molar-refractivity contribution in [2.24, 2.45) is 4.99 Å². The summed E-state index contributed by atoms with van der Waals surface area (Å²) in [6.07, 6.45) is 0. The molecule has 1 fully saturated rings. The topological polar surface area (TPSA) is 39.2 Å². The van der Waals surface area contributed by atoms with E-state index in [2.05, 4.69) is 62.4 Å². The van der Waals surface area contributed by atoms with Gasteiger partial charge < -0.3 is 14.1 Å². The minimum absolute atomic E-state index is 0.815. The molecule has 0 amide bonds. The first kappa shape index (κ1) is 18.0. The second kappa shape index (κ2) is 8.07. The number of nitrogens with one attached hydrogen (secondary N) is 1. The lowest BCUT2D eigenvalue weighted by Gasteiger charge is -2.22. The summed E-state index contributed by atoms with van der Waals surface area (Å²) in [6, 6.07) is 16.8. The first-order valence-corrected chi connectivity index (χ1v) is 9.72. The summed E-state index contributed by atoms with van der Waals surface area (Å²) in [5.74, 6) is 0.865. The van der Waals surface area contributed by atoms with Crippen LogP contribution in [-0.2, 0) is 4.74 Å². The van der Waals surface area contributed by atoms with Crippen molar-refractivity contribution in [1.29, 1.82) is 0 Å². The summed E-state index contributed by atoms with van der Waals surface area (Å²) in [4.78, 5) is 6.53. The molecule has 0 atom stereocenters.